The van der Waals surface area contributed by atoms with Crippen LogP contribution in [0.15, 0.2) is 66.7 Å². The number of nitrogens with zero attached hydrogens (tertiary/aromatic N) is 3. The molecule has 0 N–H and O–H groups in total. The maximum atomic E-state index is 13.1. The lowest BCUT2D eigenvalue weighted by Crippen LogP contribution is -2.45. The lowest BCUT2D eigenvalue weighted by molar-refractivity contribution is -0.0496. The van der Waals surface area contributed by atoms with Crippen molar-refractivity contribution >= 4 is 56.7 Å². The number of imidazole rings is 1. The standard InChI is InChI=1S/C28H26Cl2F3N3O2S.ClH/c1-2-26-34-24-12-7-20(27(18-3-8-21(29)9-4-18)19-5-10-22(30)11-6-19)17-25(24)36(26)23-13-15-35(16-14-23)39(37,38)28(31,32)33;/h3-12,17,23,27H,2,13-16H2,1H3;1H. The Hall–Kier alpha value is -2.30. The van der Waals surface area contributed by atoms with Gasteiger partial charge in [0, 0.05) is 41.5 Å². The molecule has 5 rings (SSSR count). The van der Waals surface area contributed by atoms with Crippen LogP contribution in [0.1, 0.15) is 54.2 Å². The van der Waals surface area contributed by atoms with Gasteiger partial charge in [-0.1, -0.05) is 60.5 Å². The lowest BCUT2D eigenvalue weighted by Gasteiger charge is -2.33. The number of aromatic nitrogens is 2. The molecule has 1 saturated heterocycles. The third-order valence-corrected chi connectivity index (χ3v) is 9.40. The van der Waals surface area contributed by atoms with E-state index in [0.29, 0.717) is 20.8 Å². The van der Waals surface area contributed by atoms with Crippen LogP contribution in [0.2, 0.25) is 10.0 Å². The van der Waals surface area contributed by atoms with Gasteiger partial charge in [0.15, 0.2) is 0 Å². The van der Waals surface area contributed by atoms with Crippen molar-refractivity contribution < 1.29 is 21.6 Å². The van der Waals surface area contributed by atoms with E-state index in [1.807, 2.05) is 67.6 Å². The first-order chi connectivity index (χ1) is 18.5. The first-order valence-corrected chi connectivity index (χ1v) is 14.8. The minimum absolute atomic E-state index is 0. The van der Waals surface area contributed by atoms with Crippen LogP contribution in [0.25, 0.3) is 11.0 Å². The van der Waals surface area contributed by atoms with Gasteiger partial charge >= 0.3 is 15.5 Å². The fraction of sp³-hybridized carbons (Fsp3) is 0.321. The normalized spacial score (nSPS) is 15.5. The Balaban J connectivity index is 0.00000370. The highest BCUT2D eigenvalue weighted by molar-refractivity contribution is 7.90. The Labute approximate surface area is 247 Å². The first-order valence-electron chi connectivity index (χ1n) is 12.6. The van der Waals surface area contributed by atoms with E-state index in [1.165, 1.54) is 0 Å². The Morgan fingerprint density at radius 1 is 0.900 bits per heavy atom. The number of hydrogen-bond acceptors (Lipinski definition) is 3. The zero-order valence-corrected chi connectivity index (χ0v) is 24.6. The summed E-state index contributed by atoms with van der Waals surface area (Å²) >= 11 is 12.3. The largest absolute Gasteiger partial charge is 0.511 e. The summed E-state index contributed by atoms with van der Waals surface area (Å²) < 4.78 is 65.8. The van der Waals surface area contributed by atoms with E-state index < -0.39 is 15.5 Å². The van der Waals surface area contributed by atoms with Crippen LogP contribution in [0, 0.1) is 0 Å². The van der Waals surface area contributed by atoms with Crippen LogP contribution in [-0.2, 0) is 16.4 Å². The van der Waals surface area contributed by atoms with Crippen LogP contribution >= 0.6 is 35.6 Å². The van der Waals surface area contributed by atoms with Crippen molar-refractivity contribution in [2.75, 3.05) is 13.1 Å². The summed E-state index contributed by atoms with van der Waals surface area (Å²) in [5, 5.41) is 1.27. The number of benzene rings is 3. The number of fused-ring (bicyclic) bond motifs is 1. The first kappa shape index (κ1) is 30.7. The number of piperidine rings is 1. The Morgan fingerprint density at radius 2 is 1.40 bits per heavy atom. The second-order valence-electron chi connectivity index (χ2n) is 9.62. The van der Waals surface area contributed by atoms with Crippen LogP contribution < -0.4 is 0 Å². The fourth-order valence-corrected chi connectivity index (χ4v) is 6.61. The summed E-state index contributed by atoms with van der Waals surface area (Å²) in [6.07, 6.45) is 1.15. The number of halogens is 6. The summed E-state index contributed by atoms with van der Waals surface area (Å²) in [5.74, 6) is 0.685. The van der Waals surface area contributed by atoms with Gasteiger partial charge in [-0.25, -0.2) is 13.4 Å². The van der Waals surface area contributed by atoms with Gasteiger partial charge in [0.2, 0.25) is 0 Å². The topological polar surface area (TPSA) is 55.2 Å². The predicted molar refractivity (Wildman–Crippen MR) is 155 cm³/mol. The monoisotopic (exact) mass is 631 g/mol. The second-order valence-corrected chi connectivity index (χ2v) is 12.4. The van der Waals surface area contributed by atoms with Crippen LogP contribution in [0.4, 0.5) is 13.2 Å². The molecule has 1 aliphatic heterocycles. The number of rotatable bonds is 6. The summed E-state index contributed by atoms with van der Waals surface area (Å²) in [4.78, 5) is 4.80. The smallest absolute Gasteiger partial charge is 0.325 e. The lowest BCUT2D eigenvalue weighted by atomic mass is 9.85. The fourth-order valence-electron chi connectivity index (χ4n) is 5.37. The molecule has 0 radical (unpaired) electrons. The average Bonchev–Trinajstić information content (AvgIpc) is 3.28. The van der Waals surface area contributed by atoms with Gasteiger partial charge in [-0.3, -0.25) is 0 Å². The van der Waals surface area contributed by atoms with Gasteiger partial charge in [-0.2, -0.15) is 17.5 Å². The van der Waals surface area contributed by atoms with Gasteiger partial charge in [0.25, 0.3) is 0 Å². The highest BCUT2D eigenvalue weighted by Crippen LogP contribution is 2.38. The second kappa shape index (κ2) is 11.9. The van der Waals surface area contributed by atoms with Crippen molar-refractivity contribution in [1.29, 1.82) is 0 Å². The quantitative estimate of drug-likeness (QED) is 0.203. The van der Waals surface area contributed by atoms with Crippen LogP contribution in [-0.4, -0.2) is 40.9 Å². The maximum Gasteiger partial charge on any atom is 0.511 e. The molecule has 2 heterocycles. The van der Waals surface area contributed by atoms with Gasteiger partial charge in [0.05, 0.1) is 11.0 Å². The predicted octanol–water partition coefficient (Wildman–Crippen LogP) is 7.99. The van der Waals surface area contributed by atoms with Crippen molar-refractivity contribution in [3.63, 3.8) is 0 Å². The van der Waals surface area contributed by atoms with E-state index in [9.17, 15) is 21.6 Å². The van der Waals surface area contributed by atoms with Crippen molar-refractivity contribution in [3.8, 4) is 0 Å². The third kappa shape index (κ3) is 5.85. The maximum absolute atomic E-state index is 13.1. The molecule has 0 unspecified atom stereocenters. The van der Waals surface area contributed by atoms with Crippen molar-refractivity contribution in [1.82, 2.24) is 13.9 Å². The Bertz CT molecular complexity index is 1540. The molecule has 0 saturated carbocycles. The molecule has 214 valence electrons. The van der Waals surface area contributed by atoms with E-state index in [4.69, 9.17) is 28.2 Å². The van der Waals surface area contributed by atoms with E-state index in [0.717, 1.165) is 33.5 Å². The van der Waals surface area contributed by atoms with Crippen molar-refractivity contribution in [3.05, 3.63) is 99.3 Å². The number of aryl methyl sites for hydroxylation is 1. The van der Waals surface area contributed by atoms with Gasteiger partial charge in [-0.05, 0) is 65.9 Å². The molecule has 1 fully saturated rings. The minimum Gasteiger partial charge on any atom is -0.325 e. The zero-order chi connectivity index (χ0) is 27.9. The number of alkyl halides is 3. The van der Waals surface area contributed by atoms with Crippen LogP contribution in [0.5, 0.6) is 0 Å². The molecule has 4 aromatic rings. The molecule has 0 amide bonds. The van der Waals surface area contributed by atoms with Crippen LogP contribution in [0.3, 0.4) is 0 Å². The highest BCUT2D eigenvalue weighted by atomic mass is 35.5. The van der Waals surface area contributed by atoms with Crippen molar-refractivity contribution in [2.24, 2.45) is 0 Å². The van der Waals surface area contributed by atoms with E-state index >= 15 is 0 Å². The highest BCUT2D eigenvalue weighted by Gasteiger charge is 2.50. The Morgan fingerprint density at radius 3 is 1.88 bits per heavy atom. The summed E-state index contributed by atoms with van der Waals surface area (Å²) in [6, 6.07) is 21.2. The zero-order valence-electron chi connectivity index (χ0n) is 21.4. The molecular weight excluding hydrogens is 606 g/mol. The van der Waals surface area contributed by atoms with E-state index in [2.05, 4.69) is 10.6 Å². The molecular formula is C28H27Cl3F3N3O2S. The van der Waals surface area contributed by atoms with Crippen molar-refractivity contribution in [2.45, 2.75) is 43.7 Å². The molecule has 0 atom stereocenters. The third-order valence-electron chi connectivity index (χ3n) is 7.26. The number of hydrogen-bond donors (Lipinski definition) is 0. The SMILES string of the molecule is CCc1nc2ccc(C(c3ccc(Cl)cc3)c3ccc(Cl)cc3)cc2n1C1CCN(S(=O)(=O)C(F)(F)F)CC1.Cl. The van der Waals surface area contributed by atoms with E-state index in [1.54, 1.807) is 0 Å². The van der Waals surface area contributed by atoms with Gasteiger partial charge < -0.3 is 4.57 Å². The molecule has 0 spiro atoms. The molecule has 0 aliphatic carbocycles. The van der Waals surface area contributed by atoms with E-state index in [-0.39, 0.29) is 50.3 Å². The summed E-state index contributed by atoms with van der Waals surface area (Å²) in [6.45, 7) is 1.58. The minimum atomic E-state index is -5.35. The molecule has 0 bridgehead atoms. The van der Waals surface area contributed by atoms with Gasteiger partial charge in [-0.15, -0.1) is 12.4 Å². The molecule has 12 heteroatoms. The molecule has 1 aromatic heterocycles. The summed E-state index contributed by atoms with van der Waals surface area (Å²) in [7, 11) is -5.35. The Kier molecular flexibility index (Phi) is 9.12. The average molecular weight is 633 g/mol. The molecule has 40 heavy (non-hydrogen) atoms. The molecule has 3 aromatic carbocycles. The number of sulfonamides is 1. The molecule has 5 nitrogen and oxygen atoms in total. The van der Waals surface area contributed by atoms with Gasteiger partial charge in [0.1, 0.15) is 5.82 Å². The molecule has 1 aliphatic rings. The summed E-state index contributed by atoms with van der Waals surface area (Å²) in [5.41, 5.74) is -0.569.